The standard InChI is InChI=1S/C8H4O2.Y/c1-2-8(10-4-1)7-3-5-9-6-7;/h1,3-5H;/q-2;. The van der Waals surface area contributed by atoms with Crippen LogP contribution in [0.5, 0.6) is 0 Å². The average molecular weight is 221 g/mol. The Morgan fingerprint density at radius 3 is 2.73 bits per heavy atom. The third-order valence-corrected chi connectivity index (χ3v) is 1.18. The molecule has 11 heavy (non-hydrogen) atoms. The first kappa shape index (κ1) is 8.76. The molecule has 0 aromatic carbocycles. The summed E-state index contributed by atoms with van der Waals surface area (Å²) in [6.45, 7) is 0. The van der Waals surface area contributed by atoms with Crippen molar-refractivity contribution in [1.82, 2.24) is 0 Å². The van der Waals surface area contributed by atoms with Crippen molar-refractivity contribution in [2.24, 2.45) is 0 Å². The molecule has 3 heteroatoms. The van der Waals surface area contributed by atoms with Crippen LogP contribution in [0.25, 0.3) is 11.3 Å². The van der Waals surface area contributed by atoms with E-state index in [2.05, 4.69) is 12.3 Å². The van der Waals surface area contributed by atoms with Crippen LogP contribution in [0.1, 0.15) is 0 Å². The first-order valence-electron chi connectivity index (χ1n) is 2.87. The molecular formula is C8H4O2Y-2. The molecule has 2 nitrogen and oxygen atoms in total. The normalized spacial score (nSPS) is 9.09. The van der Waals surface area contributed by atoms with E-state index in [9.17, 15) is 0 Å². The van der Waals surface area contributed by atoms with E-state index in [0.29, 0.717) is 5.76 Å². The first-order chi connectivity index (χ1) is 4.97. The van der Waals surface area contributed by atoms with Crippen molar-refractivity contribution in [1.29, 1.82) is 0 Å². The average Bonchev–Trinajstić information content (AvgIpc) is 2.59. The first-order valence-corrected chi connectivity index (χ1v) is 2.87. The molecule has 0 saturated carbocycles. The van der Waals surface area contributed by atoms with Crippen LogP contribution in [-0.4, -0.2) is 0 Å². The number of furan rings is 2. The summed E-state index contributed by atoms with van der Waals surface area (Å²) in [5.41, 5.74) is 0.796. The van der Waals surface area contributed by atoms with Crippen LogP contribution >= 0.6 is 0 Å². The van der Waals surface area contributed by atoms with E-state index in [1.54, 1.807) is 24.7 Å². The van der Waals surface area contributed by atoms with Gasteiger partial charge in [0.05, 0.1) is 0 Å². The minimum Gasteiger partial charge on any atom is -0.590 e. The molecule has 0 unspecified atom stereocenters. The van der Waals surface area contributed by atoms with Crippen molar-refractivity contribution in [2.75, 3.05) is 0 Å². The Bertz CT molecular complexity index is 252. The van der Waals surface area contributed by atoms with Crippen molar-refractivity contribution < 1.29 is 41.5 Å². The summed E-state index contributed by atoms with van der Waals surface area (Å²) in [6.07, 6.45) is 5.75. The maximum atomic E-state index is 5.03. The zero-order valence-corrected chi connectivity index (χ0v) is 8.54. The van der Waals surface area contributed by atoms with E-state index in [4.69, 9.17) is 8.83 Å². The molecule has 0 fully saturated rings. The Balaban J connectivity index is 0.000000605. The number of hydrogen-bond donors (Lipinski definition) is 0. The number of rotatable bonds is 1. The van der Waals surface area contributed by atoms with Crippen LogP contribution in [-0.2, 0) is 32.7 Å². The molecule has 53 valence electrons. The molecule has 0 N–H and O–H groups in total. The van der Waals surface area contributed by atoms with Gasteiger partial charge in [-0.05, 0) is 18.8 Å². The summed E-state index contributed by atoms with van der Waals surface area (Å²) in [5.74, 6) is 0.661. The molecule has 0 bridgehead atoms. The summed E-state index contributed by atoms with van der Waals surface area (Å²) >= 11 is 0. The minimum atomic E-state index is 0. The smallest absolute Gasteiger partial charge is 0 e. The maximum Gasteiger partial charge on any atom is 0 e. The Morgan fingerprint density at radius 1 is 1.27 bits per heavy atom. The van der Waals surface area contributed by atoms with Gasteiger partial charge in [-0.25, -0.2) is 0 Å². The van der Waals surface area contributed by atoms with E-state index in [1.165, 1.54) is 0 Å². The summed E-state index contributed by atoms with van der Waals surface area (Å²) in [4.78, 5) is 0. The maximum absolute atomic E-state index is 5.03. The third-order valence-electron chi connectivity index (χ3n) is 1.18. The fourth-order valence-corrected chi connectivity index (χ4v) is 0.743. The summed E-state index contributed by atoms with van der Waals surface area (Å²) in [6, 6.07) is 6.36. The monoisotopic (exact) mass is 221 g/mol. The van der Waals surface area contributed by atoms with Gasteiger partial charge in [0.25, 0.3) is 0 Å². The molecule has 2 rings (SSSR count). The van der Waals surface area contributed by atoms with Crippen molar-refractivity contribution in [3.05, 3.63) is 37.0 Å². The van der Waals surface area contributed by atoms with Crippen LogP contribution in [0, 0.1) is 12.3 Å². The van der Waals surface area contributed by atoms with Crippen molar-refractivity contribution in [3.63, 3.8) is 0 Å². The fraction of sp³-hybridized carbons (Fsp3) is 0. The molecule has 0 aliphatic heterocycles. The van der Waals surface area contributed by atoms with E-state index < -0.39 is 0 Å². The Kier molecular flexibility index (Phi) is 3.09. The topological polar surface area (TPSA) is 26.3 Å². The molecule has 0 spiro atoms. The van der Waals surface area contributed by atoms with Gasteiger partial charge in [-0.1, -0.05) is 5.76 Å². The van der Waals surface area contributed by atoms with E-state index in [0.717, 1.165) is 5.56 Å². The van der Waals surface area contributed by atoms with Crippen molar-refractivity contribution in [2.45, 2.75) is 0 Å². The largest absolute Gasteiger partial charge is 0.590 e. The molecule has 2 heterocycles. The van der Waals surface area contributed by atoms with Gasteiger partial charge in [-0.2, -0.15) is 17.7 Å². The summed E-state index contributed by atoms with van der Waals surface area (Å²) in [7, 11) is 0. The molecule has 0 saturated heterocycles. The predicted molar refractivity (Wildman–Crippen MR) is 34.1 cm³/mol. The fourth-order valence-electron chi connectivity index (χ4n) is 0.743. The molecule has 0 atom stereocenters. The predicted octanol–water partition coefficient (Wildman–Crippen LogP) is 2.14. The van der Waals surface area contributed by atoms with Gasteiger partial charge in [0.1, 0.15) is 0 Å². The second kappa shape index (κ2) is 3.89. The Labute approximate surface area is 89.5 Å². The summed E-state index contributed by atoms with van der Waals surface area (Å²) < 4.78 is 9.76. The quantitative estimate of drug-likeness (QED) is 0.689. The third kappa shape index (κ3) is 1.82. The van der Waals surface area contributed by atoms with E-state index >= 15 is 0 Å². The van der Waals surface area contributed by atoms with Crippen LogP contribution in [0.4, 0.5) is 0 Å². The van der Waals surface area contributed by atoms with Gasteiger partial charge >= 0.3 is 0 Å². The van der Waals surface area contributed by atoms with Gasteiger partial charge in [-0.15, -0.1) is 6.07 Å². The van der Waals surface area contributed by atoms with E-state index in [-0.39, 0.29) is 32.7 Å². The molecular weight excluding hydrogens is 217 g/mol. The van der Waals surface area contributed by atoms with Crippen molar-refractivity contribution in [3.8, 4) is 11.3 Å². The number of hydrogen-bond acceptors (Lipinski definition) is 2. The Morgan fingerprint density at radius 2 is 2.18 bits per heavy atom. The van der Waals surface area contributed by atoms with Crippen LogP contribution in [0.3, 0.4) is 0 Å². The minimum absolute atomic E-state index is 0. The second-order valence-electron chi connectivity index (χ2n) is 1.83. The zero-order chi connectivity index (χ0) is 6.81. The molecule has 0 aliphatic rings. The Hall–Kier alpha value is -0.336. The SMILES string of the molecule is [Y].[c-]1occc1-c1[c-]cco1. The summed E-state index contributed by atoms with van der Waals surface area (Å²) in [5, 5.41) is 0. The van der Waals surface area contributed by atoms with E-state index in [1.807, 2.05) is 0 Å². The van der Waals surface area contributed by atoms with Crippen LogP contribution in [0.2, 0.25) is 0 Å². The van der Waals surface area contributed by atoms with Gasteiger partial charge < -0.3 is 8.83 Å². The van der Waals surface area contributed by atoms with Gasteiger partial charge in [0.15, 0.2) is 0 Å². The van der Waals surface area contributed by atoms with Crippen LogP contribution < -0.4 is 0 Å². The molecule has 2 aromatic rings. The van der Waals surface area contributed by atoms with Crippen LogP contribution in [0.15, 0.2) is 33.5 Å². The molecule has 0 aliphatic carbocycles. The zero-order valence-electron chi connectivity index (χ0n) is 5.70. The van der Waals surface area contributed by atoms with Gasteiger partial charge in [-0.3, -0.25) is 0 Å². The van der Waals surface area contributed by atoms with Gasteiger partial charge in [0, 0.05) is 32.7 Å². The molecule has 0 amide bonds. The molecule has 1 radical (unpaired) electrons. The second-order valence-corrected chi connectivity index (χ2v) is 1.83. The van der Waals surface area contributed by atoms with Crippen molar-refractivity contribution >= 4 is 0 Å². The van der Waals surface area contributed by atoms with Gasteiger partial charge in [0.2, 0.25) is 0 Å². The molecule has 2 aromatic heterocycles.